The largest absolute Gasteiger partial charge is 0.398 e. The van der Waals surface area contributed by atoms with Gasteiger partial charge in [0.1, 0.15) is 5.03 Å². The minimum absolute atomic E-state index is 0.394. The Hall–Kier alpha value is -1.26. The number of nitrogens with zero attached hydrogens (tertiary/aromatic N) is 2. The van der Waals surface area contributed by atoms with Gasteiger partial charge in [-0.25, -0.2) is 9.97 Å². The summed E-state index contributed by atoms with van der Waals surface area (Å²) < 4.78 is 0. The maximum atomic E-state index is 5.89. The van der Waals surface area contributed by atoms with E-state index in [4.69, 9.17) is 17.3 Å². The Balaban J connectivity index is 2.30. The van der Waals surface area contributed by atoms with Crippen molar-refractivity contribution in [3.63, 3.8) is 0 Å². The Kier molecular flexibility index (Phi) is 3.08. The van der Waals surface area contributed by atoms with Crippen molar-refractivity contribution in [3.8, 4) is 0 Å². The molecular formula is C10H8ClN3S. The number of hydrogen-bond donors (Lipinski definition) is 1. The highest BCUT2D eigenvalue weighted by Crippen LogP contribution is 2.33. The van der Waals surface area contributed by atoms with E-state index >= 15 is 0 Å². The third-order valence-corrected chi connectivity index (χ3v) is 3.22. The Bertz CT molecular complexity index is 432. The second kappa shape index (κ2) is 4.51. The standard InChI is InChI=1S/C10H8ClN3S/c11-9-10(14-6-5-13-9)15-8-4-2-1-3-7(8)12/h1-6H,12H2. The summed E-state index contributed by atoms with van der Waals surface area (Å²) in [5.41, 5.74) is 6.52. The third kappa shape index (κ3) is 2.40. The first-order chi connectivity index (χ1) is 7.27. The van der Waals surface area contributed by atoms with E-state index in [1.807, 2.05) is 24.3 Å². The molecule has 0 radical (unpaired) electrons. The number of aromatic nitrogens is 2. The lowest BCUT2D eigenvalue weighted by Gasteiger charge is -2.04. The van der Waals surface area contributed by atoms with Crippen LogP contribution in [0.2, 0.25) is 5.15 Å². The molecule has 0 saturated heterocycles. The zero-order valence-electron chi connectivity index (χ0n) is 7.72. The predicted octanol–water partition coefficient (Wildman–Crippen LogP) is 2.86. The number of rotatable bonds is 2. The third-order valence-electron chi connectivity index (χ3n) is 1.75. The lowest BCUT2D eigenvalue weighted by molar-refractivity contribution is 1.06. The average molecular weight is 238 g/mol. The Morgan fingerprint density at radius 2 is 1.87 bits per heavy atom. The van der Waals surface area contributed by atoms with Crippen LogP contribution in [0.15, 0.2) is 46.6 Å². The molecule has 3 nitrogen and oxygen atoms in total. The Morgan fingerprint density at radius 1 is 1.13 bits per heavy atom. The lowest BCUT2D eigenvalue weighted by Crippen LogP contribution is -1.89. The van der Waals surface area contributed by atoms with Gasteiger partial charge in [-0.15, -0.1) is 0 Å². The van der Waals surface area contributed by atoms with Gasteiger partial charge in [0.15, 0.2) is 5.15 Å². The van der Waals surface area contributed by atoms with Crippen LogP contribution in [-0.4, -0.2) is 9.97 Å². The SMILES string of the molecule is Nc1ccccc1Sc1nccnc1Cl. The van der Waals surface area contributed by atoms with Gasteiger partial charge in [0.05, 0.1) is 0 Å². The van der Waals surface area contributed by atoms with Crippen LogP contribution >= 0.6 is 23.4 Å². The zero-order valence-corrected chi connectivity index (χ0v) is 9.29. The molecule has 2 aromatic rings. The molecule has 0 atom stereocenters. The predicted molar refractivity (Wildman–Crippen MR) is 62.0 cm³/mol. The molecule has 1 aromatic carbocycles. The van der Waals surface area contributed by atoms with Gasteiger partial charge in [0.25, 0.3) is 0 Å². The molecule has 15 heavy (non-hydrogen) atoms. The monoisotopic (exact) mass is 237 g/mol. The summed E-state index contributed by atoms with van der Waals surface area (Å²) in [6.45, 7) is 0. The first-order valence-electron chi connectivity index (χ1n) is 4.26. The summed E-state index contributed by atoms with van der Waals surface area (Å²) in [7, 11) is 0. The van der Waals surface area contributed by atoms with Crippen molar-refractivity contribution in [2.45, 2.75) is 9.92 Å². The fourth-order valence-electron chi connectivity index (χ4n) is 1.05. The number of nitrogens with two attached hydrogens (primary N) is 1. The van der Waals surface area contributed by atoms with Gasteiger partial charge in [-0.1, -0.05) is 35.5 Å². The van der Waals surface area contributed by atoms with E-state index in [1.54, 1.807) is 12.4 Å². The van der Waals surface area contributed by atoms with Crippen molar-refractivity contribution in [1.82, 2.24) is 9.97 Å². The molecule has 0 unspecified atom stereocenters. The van der Waals surface area contributed by atoms with Crippen LogP contribution in [0.4, 0.5) is 5.69 Å². The summed E-state index contributed by atoms with van der Waals surface area (Å²) in [5, 5.41) is 1.06. The molecule has 0 bridgehead atoms. The van der Waals surface area contributed by atoms with Crippen molar-refractivity contribution >= 4 is 29.1 Å². The van der Waals surface area contributed by atoms with Crippen molar-refractivity contribution in [2.75, 3.05) is 5.73 Å². The lowest BCUT2D eigenvalue weighted by atomic mass is 10.3. The number of hydrogen-bond acceptors (Lipinski definition) is 4. The van der Waals surface area contributed by atoms with Gasteiger partial charge in [-0.05, 0) is 12.1 Å². The van der Waals surface area contributed by atoms with E-state index in [9.17, 15) is 0 Å². The normalized spacial score (nSPS) is 10.2. The van der Waals surface area contributed by atoms with Crippen LogP contribution in [0.5, 0.6) is 0 Å². The molecular weight excluding hydrogens is 230 g/mol. The molecule has 0 aliphatic heterocycles. The van der Waals surface area contributed by atoms with Gasteiger partial charge in [0, 0.05) is 23.0 Å². The van der Waals surface area contributed by atoms with Gasteiger partial charge in [-0.2, -0.15) is 0 Å². The van der Waals surface area contributed by atoms with Crippen molar-refractivity contribution in [2.24, 2.45) is 0 Å². The summed E-state index contributed by atoms with van der Waals surface area (Å²) in [5.74, 6) is 0. The smallest absolute Gasteiger partial charge is 0.161 e. The van der Waals surface area contributed by atoms with Crippen LogP contribution in [0, 0.1) is 0 Å². The Morgan fingerprint density at radius 3 is 2.60 bits per heavy atom. The molecule has 5 heteroatoms. The molecule has 76 valence electrons. The molecule has 1 aromatic heterocycles. The van der Waals surface area contributed by atoms with Crippen LogP contribution in [0.3, 0.4) is 0 Å². The molecule has 2 N–H and O–H groups in total. The summed E-state index contributed by atoms with van der Waals surface area (Å²) in [6, 6.07) is 7.57. The zero-order chi connectivity index (χ0) is 10.7. The molecule has 2 rings (SSSR count). The number of para-hydroxylation sites is 1. The van der Waals surface area contributed by atoms with Crippen LogP contribution in [0.1, 0.15) is 0 Å². The maximum Gasteiger partial charge on any atom is 0.161 e. The first kappa shape index (κ1) is 10.3. The van der Waals surface area contributed by atoms with E-state index in [0.29, 0.717) is 15.9 Å². The summed E-state index contributed by atoms with van der Waals surface area (Å²) >= 11 is 7.30. The van der Waals surface area contributed by atoms with Gasteiger partial charge in [-0.3, -0.25) is 0 Å². The van der Waals surface area contributed by atoms with Crippen LogP contribution in [0.25, 0.3) is 0 Å². The fraction of sp³-hybridized carbons (Fsp3) is 0. The molecule has 1 heterocycles. The minimum atomic E-state index is 0.394. The maximum absolute atomic E-state index is 5.89. The average Bonchev–Trinajstić information content (AvgIpc) is 2.24. The van der Waals surface area contributed by atoms with E-state index in [1.165, 1.54) is 11.8 Å². The summed E-state index contributed by atoms with van der Waals surface area (Å²) in [4.78, 5) is 9.00. The fourth-order valence-corrected chi connectivity index (χ4v) is 2.07. The van der Waals surface area contributed by atoms with Gasteiger partial charge >= 0.3 is 0 Å². The molecule has 0 fully saturated rings. The quantitative estimate of drug-likeness (QED) is 0.816. The number of anilines is 1. The van der Waals surface area contributed by atoms with E-state index in [2.05, 4.69) is 9.97 Å². The highest BCUT2D eigenvalue weighted by molar-refractivity contribution is 7.99. The highest BCUT2D eigenvalue weighted by atomic mass is 35.5. The second-order valence-electron chi connectivity index (χ2n) is 2.79. The molecule has 0 spiro atoms. The van der Waals surface area contributed by atoms with Crippen molar-refractivity contribution in [1.29, 1.82) is 0 Å². The number of benzene rings is 1. The molecule has 0 amide bonds. The van der Waals surface area contributed by atoms with Crippen LogP contribution < -0.4 is 5.73 Å². The second-order valence-corrected chi connectivity index (χ2v) is 4.18. The van der Waals surface area contributed by atoms with Crippen molar-refractivity contribution < 1.29 is 0 Å². The minimum Gasteiger partial charge on any atom is -0.398 e. The van der Waals surface area contributed by atoms with Gasteiger partial charge < -0.3 is 5.73 Å². The van der Waals surface area contributed by atoms with E-state index < -0.39 is 0 Å². The topological polar surface area (TPSA) is 51.8 Å². The summed E-state index contributed by atoms with van der Waals surface area (Å²) in [6.07, 6.45) is 3.16. The van der Waals surface area contributed by atoms with Gasteiger partial charge in [0.2, 0.25) is 0 Å². The molecule has 0 aliphatic carbocycles. The molecule has 0 aliphatic rings. The number of nitrogen functional groups attached to an aromatic ring is 1. The molecule has 0 saturated carbocycles. The van der Waals surface area contributed by atoms with E-state index in [0.717, 1.165) is 4.90 Å². The van der Waals surface area contributed by atoms with E-state index in [-0.39, 0.29) is 0 Å². The highest BCUT2D eigenvalue weighted by Gasteiger charge is 2.06. The van der Waals surface area contributed by atoms with Crippen LogP contribution in [-0.2, 0) is 0 Å². The Labute approximate surface area is 96.7 Å². The van der Waals surface area contributed by atoms with Crippen molar-refractivity contribution in [3.05, 3.63) is 41.8 Å². The number of halogens is 1. The first-order valence-corrected chi connectivity index (χ1v) is 5.45.